The fraction of sp³-hybridized carbons (Fsp3) is 0.957. The van der Waals surface area contributed by atoms with Gasteiger partial charge in [0.1, 0.15) is 146 Å². The summed E-state index contributed by atoms with van der Waals surface area (Å²) in [5.41, 5.74) is -5.97. The molecule has 38 nitrogen and oxygen atoms in total. The summed E-state index contributed by atoms with van der Waals surface area (Å²) in [7, 11) is 0. The van der Waals surface area contributed by atoms with Crippen LogP contribution in [0.15, 0.2) is 11.6 Å². The van der Waals surface area contributed by atoms with Crippen molar-refractivity contribution in [2.45, 2.75) is 327 Å². The van der Waals surface area contributed by atoms with E-state index >= 15 is 4.79 Å². The third-order valence-corrected chi connectivity index (χ3v) is 26.9. The Morgan fingerprint density at radius 3 is 1.55 bits per heavy atom. The van der Waals surface area contributed by atoms with E-state index in [9.17, 15) is 117 Å². The summed E-state index contributed by atoms with van der Waals surface area (Å²) in [5.74, 6) is -3.03. The Hall–Kier alpha value is -2.23. The van der Waals surface area contributed by atoms with Crippen LogP contribution in [-0.4, -0.2) is 390 Å². The van der Waals surface area contributed by atoms with Crippen LogP contribution in [0.5, 0.6) is 0 Å². The molecule has 4 saturated carbocycles. The quantitative estimate of drug-likeness (QED) is 0.0344. The summed E-state index contributed by atoms with van der Waals surface area (Å²) < 4.78 is 81.9. The Balaban J connectivity index is 0.725. The average molecular weight is 1560 g/mol. The molecule has 0 amide bonds. The van der Waals surface area contributed by atoms with Crippen LogP contribution in [0.3, 0.4) is 0 Å². The fourth-order valence-corrected chi connectivity index (χ4v) is 20.5. The van der Waals surface area contributed by atoms with E-state index in [0.29, 0.717) is 19.3 Å². The van der Waals surface area contributed by atoms with Crippen LogP contribution >= 0.6 is 0 Å². The van der Waals surface area contributed by atoms with E-state index in [1.54, 1.807) is 6.92 Å². The zero-order chi connectivity index (χ0) is 79.0. The lowest BCUT2D eigenvalue weighted by Gasteiger charge is -2.73. The Kier molecular flexibility index (Phi) is 25.2. The molecule has 0 spiro atoms. The summed E-state index contributed by atoms with van der Waals surface area (Å²) >= 11 is 0. The van der Waals surface area contributed by atoms with Crippen LogP contribution in [-0.2, 0) is 71.1 Å². The molecule has 0 unspecified atom stereocenters. The molecule has 622 valence electrons. The van der Waals surface area contributed by atoms with Crippen LogP contribution < -0.4 is 0 Å². The summed E-state index contributed by atoms with van der Waals surface area (Å²) in [6, 6.07) is 0. The zero-order valence-electron chi connectivity index (χ0n) is 61.3. The summed E-state index contributed by atoms with van der Waals surface area (Å²) in [5, 5.41) is 257. The van der Waals surface area contributed by atoms with Gasteiger partial charge in [-0.2, -0.15) is 0 Å². The van der Waals surface area contributed by atoms with Crippen molar-refractivity contribution in [1.29, 1.82) is 0 Å². The molecule has 12 aliphatic rings. The number of carbonyl (C=O) groups is 1. The number of aliphatic hydroxyl groups excluding tert-OH is 23. The molecule has 5 aliphatic carbocycles. The predicted octanol–water partition coefficient (Wildman–Crippen LogP) is -9.34. The topological polar surface area (TPSA) is 612 Å². The molecule has 108 heavy (non-hydrogen) atoms. The van der Waals surface area contributed by atoms with Gasteiger partial charge in [-0.25, -0.2) is 0 Å². The summed E-state index contributed by atoms with van der Waals surface area (Å²) in [6.45, 7) is 10.3. The minimum atomic E-state index is -2.04. The van der Waals surface area contributed by atoms with Crippen molar-refractivity contribution in [2.24, 2.45) is 50.2 Å². The van der Waals surface area contributed by atoms with E-state index in [-0.39, 0.29) is 25.7 Å². The van der Waals surface area contributed by atoms with E-state index in [1.807, 2.05) is 34.6 Å². The van der Waals surface area contributed by atoms with Gasteiger partial charge in [0.25, 0.3) is 0 Å². The van der Waals surface area contributed by atoms with Crippen LogP contribution in [0.4, 0.5) is 0 Å². The van der Waals surface area contributed by atoms with Gasteiger partial charge in [-0.1, -0.05) is 53.2 Å². The van der Waals surface area contributed by atoms with Crippen LogP contribution in [0.2, 0.25) is 0 Å². The molecule has 0 bridgehead atoms. The molecule has 11 fully saturated rings. The van der Waals surface area contributed by atoms with E-state index in [1.165, 1.54) is 13.8 Å². The number of esters is 1. The predicted molar refractivity (Wildman–Crippen MR) is 351 cm³/mol. The lowest BCUT2D eigenvalue weighted by Crippen LogP contribution is -2.73. The number of fused-ring (bicyclic) bond motifs is 7. The van der Waals surface area contributed by atoms with Crippen molar-refractivity contribution < 1.29 is 189 Å². The Morgan fingerprint density at radius 1 is 0.454 bits per heavy atom. The Labute approximate surface area is 621 Å². The van der Waals surface area contributed by atoms with E-state index in [0.717, 1.165) is 5.57 Å². The number of rotatable bonds is 18. The van der Waals surface area contributed by atoms with Crippen LogP contribution in [0.1, 0.15) is 100 Å². The average Bonchev–Trinajstić information content (AvgIpc) is 0.664. The standard InChI is InChI=1S/C70H114O38/c1-23-36(78)41(83)48(90)60(99-23)105-53-30(76)19-95-59(51(53)93)104-52-24(2)100-61(50(92)45(52)87)106-54-37(79)29(75)18-96-63(54)108-64(94)70-12-11-65(3,4)13-26(70)25-9-10-34-66(5)14-28(74)56(67(6,22-72)55(66)27(73)15-69(34,8)68(25,7)16-35(70)77)107-62-49(91)44(86)40(82)33(103-62)21-98-58-47(89)43(85)39(81)32(102-58)20-97-57-46(88)42(84)38(80)31(17-71)101-57/h9,23-24,26-63,71-93H,10-22H2,1-8H3/t23-,24-,26-,27+,28-,29-,30+,31+,32+,33+,34+,35+,36-,37-,38+,39+,40+,41+,42-,43-,44-,45-,46+,47+,48+,49+,50+,51+,52-,53-,54+,55+,56-,57+,58+,59-,60-,61-,62-,63-,66+,67-,68+,69+,70+/m0/s1. The number of hydrogen-bond acceptors (Lipinski definition) is 38. The molecule has 38 heteroatoms. The molecule has 0 aromatic heterocycles. The number of aliphatic hydroxyl groups is 23. The molecule has 0 aromatic rings. The molecular weight excluding hydrogens is 1450 g/mol. The first-order chi connectivity index (χ1) is 50.5. The van der Waals surface area contributed by atoms with Gasteiger partial charge in [0.15, 0.2) is 43.8 Å². The molecule has 7 aliphatic heterocycles. The minimum absolute atomic E-state index is 0.0417. The zero-order valence-corrected chi connectivity index (χ0v) is 61.3. The van der Waals surface area contributed by atoms with Gasteiger partial charge < -0.3 is 184 Å². The highest BCUT2D eigenvalue weighted by Crippen LogP contribution is 2.76. The largest absolute Gasteiger partial charge is 0.432 e. The molecule has 23 N–H and O–H groups in total. The first kappa shape index (κ1) is 85.1. The minimum Gasteiger partial charge on any atom is -0.432 e. The van der Waals surface area contributed by atoms with Gasteiger partial charge in [-0.15, -0.1) is 0 Å². The molecule has 12 rings (SSSR count). The Morgan fingerprint density at radius 2 is 0.954 bits per heavy atom. The van der Waals surface area contributed by atoms with Crippen molar-refractivity contribution in [1.82, 2.24) is 0 Å². The van der Waals surface area contributed by atoms with Crippen molar-refractivity contribution >= 4 is 5.97 Å². The second kappa shape index (κ2) is 32.0. The van der Waals surface area contributed by atoms with Crippen LogP contribution in [0.25, 0.3) is 0 Å². The molecule has 7 saturated heterocycles. The van der Waals surface area contributed by atoms with E-state index < -0.39 is 323 Å². The fourth-order valence-electron chi connectivity index (χ4n) is 20.5. The van der Waals surface area contributed by atoms with E-state index in [4.69, 9.17) is 66.3 Å². The third-order valence-electron chi connectivity index (χ3n) is 26.9. The normalized spacial score (nSPS) is 56.0. The van der Waals surface area contributed by atoms with Gasteiger partial charge in [0.2, 0.25) is 6.29 Å². The van der Waals surface area contributed by atoms with Crippen molar-refractivity contribution in [2.75, 3.05) is 39.6 Å². The highest BCUT2D eigenvalue weighted by Gasteiger charge is 2.75. The smallest absolute Gasteiger partial charge is 0.317 e. The second-order valence-electron chi connectivity index (χ2n) is 34.1. The monoisotopic (exact) mass is 1560 g/mol. The summed E-state index contributed by atoms with van der Waals surface area (Å²) in [6.07, 6.45) is -60.0. The van der Waals surface area contributed by atoms with Gasteiger partial charge in [0, 0.05) is 11.3 Å². The maximum atomic E-state index is 15.6. The maximum Gasteiger partial charge on any atom is 0.317 e. The third kappa shape index (κ3) is 14.6. The maximum absolute atomic E-state index is 15.6. The number of hydrogen-bond donors (Lipinski definition) is 23. The van der Waals surface area contributed by atoms with Crippen molar-refractivity contribution in [3.05, 3.63) is 11.6 Å². The first-order valence-corrected chi connectivity index (χ1v) is 37.3. The first-order valence-electron chi connectivity index (χ1n) is 37.3. The lowest BCUT2D eigenvalue weighted by atomic mass is 9.32. The molecule has 0 aromatic carbocycles. The number of allylic oxidation sites excluding steroid dienone is 2. The number of ether oxygens (including phenoxy) is 14. The highest BCUT2D eigenvalue weighted by atomic mass is 16.8. The van der Waals surface area contributed by atoms with Crippen LogP contribution in [0, 0.1) is 50.2 Å². The molecule has 0 radical (unpaired) electrons. The number of carbonyl (C=O) groups excluding carboxylic acids is 1. The van der Waals surface area contributed by atoms with Gasteiger partial charge >= 0.3 is 5.97 Å². The van der Waals surface area contributed by atoms with Crippen molar-refractivity contribution in [3.63, 3.8) is 0 Å². The summed E-state index contributed by atoms with van der Waals surface area (Å²) in [4.78, 5) is 15.6. The molecular formula is C70H114O38. The van der Waals surface area contributed by atoms with Gasteiger partial charge in [-0.05, 0) is 92.3 Å². The van der Waals surface area contributed by atoms with Crippen molar-refractivity contribution in [3.8, 4) is 0 Å². The lowest BCUT2D eigenvalue weighted by molar-refractivity contribution is -0.377. The Bertz CT molecular complexity index is 3090. The van der Waals surface area contributed by atoms with Gasteiger partial charge in [-0.3, -0.25) is 4.79 Å². The van der Waals surface area contributed by atoms with Gasteiger partial charge in [0.05, 0.1) is 76.3 Å². The highest BCUT2D eigenvalue weighted by molar-refractivity contribution is 5.80. The second-order valence-corrected chi connectivity index (χ2v) is 34.1. The SMILES string of the molecule is C[C@@H]1O[C@@H](O[C@@H]2[C@@H](O)[C@H](O[C@@H]3[C@@H](O)[C@@H](O)[C@H](O[C@H]4[C@H](OC(=O)[C@]56CCC(C)(C)C[C@H]5C5=CC[C@@H]7[C@@]8(C)C[C@H](O)[C@H](O[C@@H]9O[C@H](CO[C@@H]%10O[C@H](CO[C@@H]%11O[C@H](CO)[C@@H](O)[C@H](O)[C@H]%11O)[C@@H](O)[C@H](O)[C@H]%10O)[C@@H](O)[C@H](O)[C@H]9O)[C@@](C)(CO)[C@@H]8[C@H](O)C[C@@]7(C)[C@]5(C)C[C@H]6O)OC[C@H](O)[C@@H]4O)O[C@H]3C)OC[C@H]2O)[C@H](O)[C@H](O)[C@H]1O. The van der Waals surface area contributed by atoms with E-state index in [2.05, 4.69) is 6.08 Å². The molecule has 45 atom stereocenters. The molecule has 7 heterocycles.